The summed E-state index contributed by atoms with van der Waals surface area (Å²) in [7, 11) is 0. The molecule has 1 amide bonds. The van der Waals surface area contributed by atoms with Crippen molar-refractivity contribution in [2.24, 2.45) is 0 Å². The van der Waals surface area contributed by atoms with Crippen molar-refractivity contribution in [3.63, 3.8) is 0 Å². The number of anilines is 1. The lowest BCUT2D eigenvalue weighted by atomic mass is 10.1. The van der Waals surface area contributed by atoms with Crippen molar-refractivity contribution < 1.29 is 18.0 Å². The molecule has 0 unspecified atom stereocenters. The smallest absolute Gasteiger partial charge is 0.324 e. The maximum atomic E-state index is 12.9. The first-order chi connectivity index (χ1) is 15.2. The zero-order valence-corrected chi connectivity index (χ0v) is 19.1. The number of amides is 1. The minimum absolute atomic E-state index is 0.0173. The van der Waals surface area contributed by atoms with Crippen molar-refractivity contribution in [2.75, 3.05) is 11.1 Å². The summed E-state index contributed by atoms with van der Waals surface area (Å²) in [5, 5.41) is 6.42. The highest BCUT2D eigenvalue weighted by atomic mass is 35.5. The number of carbonyl (C=O) groups excluding carboxylic acids is 1. The number of hydrogen-bond acceptors (Lipinski definition) is 5. The van der Waals surface area contributed by atoms with Crippen LogP contribution in [0.15, 0.2) is 59.2 Å². The van der Waals surface area contributed by atoms with Crippen molar-refractivity contribution in [1.29, 1.82) is 0 Å². The van der Waals surface area contributed by atoms with E-state index < -0.39 is 17.6 Å². The lowest BCUT2D eigenvalue weighted by molar-refractivity contribution is -0.137. The fourth-order valence-electron chi connectivity index (χ4n) is 2.92. The zero-order valence-electron chi connectivity index (χ0n) is 15.9. The average Bonchev–Trinajstić information content (AvgIpc) is 3.18. The predicted octanol–water partition coefficient (Wildman–Crippen LogP) is 7.41. The quantitative estimate of drug-likeness (QED) is 0.223. The molecule has 164 valence electrons. The average molecular weight is 514 g/mol. The molecule has 0 radical (unpaired) electrons. The summed E-state index contributed by atoms with van der Waals surface area (Å²) in [4.78, 5) is 21.8. The van der Waals surface area contributed by atoms with Gasteiger partial charge in [0.1, 0.15) is 16.2 Å². The number of benzene rings is 2. The van der Waals surface area contributed by atoms with Gasteiger partial charge in [-0.05, 0) is 35.9 Å². The topological polar surface area (TPSA) is 54.9 Å². The summed E-state index contributed by atoms with van der Waals surface area (Å²) < 4.78 is 38.8. The van der Waals surface area contributed by atoms with E-state index >= 15 is 0 Å². The lowest BCUT2D eigenvalue weighted by Crippen LogP contribution is -2.15. The Bertz CT molecular complexity index is 1290. The van der Waals surface area contributed by atoms with E-state index in [9.17, 15) is 18.0 Å². The Labute approximate surface area is 198 Å². The Morgan fingerprint density at radius 3 is 2.56 bits per heavy atom. The Hall–Kier alpha value is -2.33. The SMILES string of the molecule is O=C(CSc1ncnc2scc(-c3ccc(Cl)cc3)c12)Nc1cc(C(F)(F)F)ccc1Cl. The third-order valence-corrected chi connectivity index (χ3v) is 6.86. The molecule has 0 saturated carbocycles. The molecule has 2 aromatic carbocycles. The standard InChI is InChI=1S/C21H12Cl2F3N3OS2/c22-13-4-1-11(2-5-13)14-8-31-19-18(14)20(28-10-27-19)32-9-17(30)29-16-7-12(21(24,25)26)3-6-15(16)23/h1-8,10H,9H2,(H,29,30). The molecule has 4 rings (SSSR count). The van der Waals surface area contributed by atoms with Gasteiger partial charge in [-0.2, -0.15) is 13.2 Å². The summed E-state index contributed by atoms with van der Waals surface area (Å²) in [5.41, 5.74) is 0.842. The lowest BCUT2D eigenvalue weighted by Gasteiger charge is -2.11. The predicted molar refractivity (Wildman–Crippen MR) is 124 cm³/mol. The van der Waals surface area contributed by atoms with Gasteiger partial charge in [0.25, 0.3) is 0 Å². The number of nitrogens with one attached hydrogen (secondary N) is 1. The van der Waals surface area contributed by atoms with Crippen LogP contribution >= 0.6 is 46.3 Å². The third-order valence-electron chi connectivity index (χ3n) is 4.40. The van der Waals surface area contributed by atoms with Gasteiger partial charge in [0.15, 0.2) is 0 Å². The normalized spacial score (nSPS) is 11.7. The molecule has 11 heteroatoms. The Balaban J connectivity index is 1.54. The molecule has 0 aliphatic carbocycles. The molecule has 2 aromatic heterocycles. The summed E-state index contributed by atoms with van der Waals surface area (Å²) in [5.74, 6) is -0.583. The number of carbonyl (C=O) groups is 1. The Morgan fingerprint density at radius 2 is 1.84 bits per heavy atom. The second-order valence-corrected chi connectivity index (χ2v) is 9.21. The number of alkyl halides is 3. The van der Waals surface area contributed by atoms with Crippen LogP contribution in [0.1, 0.15) is 5.56 Å². The van der Waals surface area contributed by atoms with E-state index in [1.54, 1.807) is 12.1 Å². The largest absolute Gasteiger partial charge is 0.416 e. The van der Waals surface area contributed by atoms with Gasteiger partial charge in [0.05, 0.1) is 27.4 Å². The van der Waals surface area contributed by atoms with Crippen LogP contribution < -0.4 is 5.32 Å². The highest BCUT2D eigenvalue weighted by molar-refractivity contribution is 8.00. The van der Waals surface area contributed by atoms with Crippen LogP contribution in [-0.4, -0.2) is 21.6 Å². The molecule has 0 aliphatic heterocycles. The van der Waals surface area contributed by atoms with Crippen molar-refractivity contribution >= 4 is 68.1 Å². The fourth-order valence-corrected chi connectivity index (χ4v) is 5.00. The molecule has 2 heterocycles. The van der Waals surface area contributed by atoms with E-state index in [0.717, 1.165) is 51.3 Å². The second-order valence-electron chi connectivity index (χ2n) is 6.54. The van der Waals surface area contributed by atoms with E-state index in [1.807, 2.05) is 17.5 Å². The van der Waals surface area contributed by atoms with Gasteiger partial charge < -0.3 is 5.32 Å². The van der Waals surface area contributed by atoms with Gasteiger partial charge in [-0.15, -0.1) is 11.3 Å². The highest BCUT2D eigenvalue weighted by Crippen LogP contribution is 2.38. The summed E-state index contributed by atoms with van der Waals surface area (Å²) >= 11 is 14.5. The molecule has 0 saturated heterocycles. The molecular formula is C21H12Cl2F3N3OS2. The van der Waals surface area contributed by atoms with E-state index in [4.69, 9.17) is 23.2 Å². The molecule has 32 heavy (non-hydrogen) atoms. The van der Waals surface area contributed by atoms with Crippen LogP contribution in [0.25, 0.3) is 21.3 Å². The van der Waals surface area contributed by atoms with Gasteiger partial charge in [-0.25, -0.2) is 9.97 Å². The fraction of sp³-hybridized carbons (Fsp3) is 0.0952. The zero-order chi connectivity index (χ0) is 22.9. The van der Waals surface area contributed by atoms with Crippen LogP contribution in [0, 0.1) is 0 Å². The second kappa shape index (κ2) is 9.27. The summed E-state index contributed by atoms with van der Waals surface area (Å²) in [6, 6.07) is 10.1. The number of nitrogens with zero attached hydrogens (tertiary/aromatic N) is 2. The molecule has 0 bridgehead atoms. The van der Waals surface area contributed by atoms with Crippen molar-refractivity contribution in [3.05, 3.63) is 69.8 Å². The van der Waals surface area contributed by atoms with E-state index in [-0.39, 0.29) is 16.5 Å². The van der Waals surface area contributed by atoms with E-state index in [0.29, 0.717) is 10.0 Å². The van der Waals surface area contributed by atoms with Gasteiger partial charge in [-0.1, -0.05) is 47.1 Å². The van der Waals surface area contributed by atoms with E-state index in [1.165, 1.54) is 17.7 Å². The van der Waals surface area contributed by atoms with Gasteiger partial charge in [0.2, 0.25) is 5.91 Å². The minimum atomic E-state index is -4.54. The minimum Gasteiger partial charge on any atom is -0.324 e. The number of hydrogen-bond donors (Lipinski definition) is 1. The number of halogens is 5. The molecular weight excluding hydrogens is 502 g/mol. The monoisotopic (exact) mass is 513 g/mol. The number of thioether (sulfide) groups is 1. The number of fused-ring (bicyclic) bond motifs is 1. The third kappa shape index (κ3) is 5.01. The molecule has 0 aliphatic rings. The van der Waals surface area contributed by atoms with Crippen LogP contribution in [0.4, 0.5) is 18.9 Å². The first kappa shape index (κ1) is 22.8. The molecule has 4 nitrogen and oxygen atoms in total. The van der Waals surface area contributed by atoms with E-state index in [2.05, 4.69) is 15.3 Å². The first-order valence-electron chi connectivity index (χ1n) is 9.00. The Morgan fingerprint density at radius 1 is 1.09 bits per heavy atom. The molecule has 0 spiro atoms. The number of thiophene rings is 1. The molecule has 0 atom stereocenters. The summed E-state index contributed by atoms with van der Waals surface area (Å²) in [6.45, 7) is 0. The summed E-state index contributed by atoms with van der Waals surface area (Å²) in [6.07, 6.45) is -3.13. The van der Waals surface area contributed by atoms with Crippen LogP contribution in [-0.2, 0) is 11.0 Å². The molecule has 0 fully saturated rings. The van der Waals surface area contributed by atoms with Crippen LogP contribution in [0.3, 0.4) is 0 Å². The number of rotatable bonds is 5. The van der Waals surface area contributed by atoms with Gasteiger partial charge in [-0.3, -0.25) is 4.79 Å². The van der Waals surface area contributed by atoms with Gasteiger partial charge in [0, 0.05) is 16.0 Å². The van der Waals surface area contributed by atoms with Crippen molar-refractivity contribution in [2.45, 2.75) is 11.2 Å². The van der Waals surface area contributed by atoms with Gasteiger partial charge >= 0.3 is 6.18 Å². The molecule has 1 N–H and O–H groups in total. The van der Waals surface area contributed by atoms with Crippen LogP contribution in [0.2, 0.25) is 10.0 Å². The van der Waals surface area contributed by atoms with Crippen LogP contribution in [0.5, 0.6) is 0 Å². The maximum absolute atomic E-state index is 12.9. The highest BCUT2D eigenvalue weighted by Gasteiger charge is 2.31. The first-order valence-corrected chi connectivity index (χ1v) is 11.6. The number of aromatic nitrogens is 2. The molecule has 4 aromatic rings. The Kier molecular flexibility index (Phi) is 6.62. The van der Waals surface area contributed by atoms with Crippen molar-refractivity contribution in [3.8, 4) is 11.1 Å². The maximum Gasteiger partial charge on any atom is 0.416 e. The van der Waals surface area contributed by atoms with Crippen molar-refractivity contribution in [1.82, 2.24) is 9.97 Å².